The second-order valence-electron chi connectivity index (χ2n) is 4.13. The average Bonchev–Trinajstić information content (AvgIpc) is 2.91. The Morgan fingerprint density at radius 1 is 1.36 bits per heavy atom. The first-order chi connectivity index (χ1) is 6.68. The lowest BCUT2D eigenvalue weighted by Gasteiger charge is -2.12. The number of hydrogen-bond acceptors (Lipinski definition) is 3. The Balaban J connectivity index is 2.26. The van der Waals surface area contributed by atoms with Crippen LogP contribution in [0.25, 0.3) is 0 Å². The molecule has 76 valence electrons. The van der Waals surface area contributed by atoms with Gasteiger partial charge in [-0.25, -0.2) is 9.97 Å². The predicted molar refractivity (Wildman–Crippen MR) is 54.5 cm³/mol. The number of nitrogens with zero attached hydrogens (tertiary/aromatic N) is 2. The molecule has 1 saturated carbocycles. The van der Waals surface area contributed by atoms with Gasteiger partial charge in [0.15, 0.2) is 0 Å². The third-order valence-corrected chi connectivity index (χ3v) is 2.39. The topological polar surface area (TPSA) is 35.0 Å². The van der Waals surface area contributed by atoms with Crippen LogP contribution in [0.15, 0.2) is 6.33 Å². The summed E-state index contributed by atoms with van der Waals surface area (Å²) in [7, 11) is 0. The predicted octanol–water partition coefficient (Wildman–Crippen LogP) is 2.45. The van der Waals surface area contributed by atoms with E-state index in [1.165, 1.54) is 18.5 Å². The van der Waals surface area contributed by atoms with E-state index in [2.05, 4.69) is 9.97 Å². The monoisotopic (exact) mass is 192 g/mol. The molecule has 0 bridgehead atoms. The van der Waals surface area contributed by atoms with Gasteiger partial charge in [0.2, 0.25) is 5.88 Å². The minimum absolute atomic E-state index is 0.177. The van der Waals surface area contributed by atoms with Crippen LogP contribution in [-0.2, 0) is 0 Å². The van der Waals surface area contributed by atoms with Crippen molar-refractivity contribution in [1.29, 1.82) is 0 Å². The van der Waals surface area contributed by atoms with Crippen LogP contribution in [0.3, 0.4) is 0 Å². The minimum atomic E-state index is 0.177. The van der Waals surface area contributed by atoms with Gasteiger partial charge in [0.1, 0.15) is 6.33 Å². The summed E-state index contributed by atoms with van der Waals surface area (Å²) in [6.07, 6.45) is 4.31. The molecule has 3 heteroatoms. The van der Waals surface area contributed by atoms with Gasteiger partial charge in [-0.2, -0.15) is 0 Å². The number of aromatic nitrogens is 2. The fourth-order valence-electron chi connectivity index (χ4n) is 1.56. The molecule has 1 aromatic heterocycles. The molecule has 14 heavy (non-hydrogen) atoms. The molecule has 0 aliphatic heterocycles. The standard InChI is InChI=1S/C11H16N2O/c1-7(2)14-11-8(3)10(9-4-5-9)12-6-13-11/h6-7,9H,4-5H2,1-3H3. The van der Waals surface area contributed by atoms with E-state index in [1.54, 1.807) is 6.33 Å². The number of hydrogen-bond donors (Lipinski definition) is 0. The van der Waals surface area contributed by atoms with Crippen molar-refractivity contribution in [3.05, 3.63) is 17.6 Å². The first-order valence-corrected chi connectivity index (χ1v) is 5.16. The van der Waals surface area contributed by atoms with Gasteiger partial charge >= 0.3 is 0 Å². The van der Waals surface area contributed by atoms with Crippen LogP contribution in [0.5, 0.6) is 5.88 Å². The summed E-state index contributed by atoms with van der Waals surface area (Å²) < 4.78 is 5.61. The van der Waals surface area contributed by atoms with Crippen molar-refractivity contribution < 1.29 is 4.74 Å². The van der Waals surface area contributed by atoms with Crippen molar-refractivity contribution in [1.82, 2.24) is 9.97 Å². The lowest BCUT2D eigenvalue weighted by Crippen LogP contribution is -2.09. The third-order valence-electron chi connectivity index (χ3n) is 2.39. The largest absolute Gasteiger partial charge is 0.475 e. The normalized spacial score (nSPS) is 16.0. The van der Waals surface area contributed by atoms with Crippen LogP contribution >= 0.6 is 0 Å². The molecular formula is C11H16N2O. The lowest BCUT2D eigenvalue weighted by molar-refractivity contribution is 0.230. The van der Waals surface area contributed by atoms with E-state index in [4.69, 9.17) is 4.74 Å². The van der Waals surface area contributed by atoms with Gasteiger partial charge in [-0.1, -0.05) is 0 Å². The Morgan fingerprint density at radius 2 is 2.07 bits per heavy atom. The highest BCUT2D eigenvalue weighted by atomic mass is 16.5. The molecule has 3 nitrogen and oxygen atoms in total. The van der Waals surface area contributed by atoms with E-state index in [0.29, 0.717) is 5.92 Å². The Hall–Kier alpha value is -1.12. The molecule has 1 aromatic rings. The Labute approximate surface area is 84.5 Å². The van der Waals surface area contributed by atoms with Crippen LogP contribution in [-0.4, -0.2) is 16.1 Å². The maximum Gasteiger partial charge on any atom is 0.219 e. The number of ether oxygens (including phenoxy) is 1. The van der Waals surface area contributed by atoms with E-state index in [1.807, 2.05) is 20.8 Å². The molecule has 2 rings (SSSR count). The van der Waals surface area contributed by atoms with Gasteiger partial charge in [0.05, 0.1) is 11.8 Å². The van der Waals surface area contributed by atoms with Gasteiger partial charge in [0, 0.05) is 11.5 Å². The van der Waals surface area contributed by atoms with E-state index in [0.717, 1.165) is 11.4 Å². The zero-order chi connectivity index (χ0) is 10.1. The smallest absolute Gasteiger partial charge is 0.219 e. The fourth-order valence-corrected chi connectivity index (χ4v) is 1.56. The molecule has 0 spiro atoms. The summed E-state index contributed by atoms with van der Waals surface area (Å²) >= 11 is 0. The maximum absolute atomic E-state index is 5.61. The van der Waals surface area contributed by atoms with Gasteiger partial charge in [-0.3, -0.25) is 0 Å². The molecule has 0 amide bonds. The molecule has 1 aliphatic carbocycles. The van der Waals surface area contributed by atoms with Gasteiger partial charge in [-0.05, 0) is 33.6 Å². The van der Waals surface area contributed by atoms with E-state index >= 15 is 0 Å². The van der Waals surface area contributed by atoms with Crippen LogP contribution < -0.4 is 4.74 Å². The molecule has 1 aliphatic rings. The summed E-state index contributed by atoms with van der Waals surface area (Å²) in [5, 5.41) is 0. The maximum atomic E-state index is 5.61. The van der Waals surface area contributed by atoms with Crippen molar-refractivity contribution in [3.8, 4) is 5.88 Å². The van der Waals surface area contributed by atoms with Gasteiger partial charge in [0.25, 0.3) is 0 Å². The summed E-state index contributed by atoms with van der Waals surface area (Å²) in [5.41, 5.74) is 2.29. The molecule has 0 aromatic carbocycles. The first kappa shape index (κ1) is 9.44. The summed E-state index contributed by atoms with van der Waals surface area (Å²) in [6.45, 7) is 6.07. The summed E-state index contributed by atoms with van der Waals surface area (Å²) in [6, 6.07) is 0. The van der Waals surface area contributed by atoms with Gasteiger partial charge in [-0.15, -0.1) is 0 Å². The van der Waals surface area contributed by atoms with Crippen molar-refractivity contribution in [2.24, 2.45) is 0 Å². The zero-order valence-corrected chi connectivity index (χ0v) is 8.95. The van der Waals surface area contributed by atoms with E-state index in [-0.39, 0.29) is 6.10 Å². The molecular weight excluding hydrogens is 176 g/mol. The lowest BCUT2D eigenvalue weighted by atomic mass is 10.2. The van der Waals surface area contributed by atoms with Crippen LogP contribution in [0.2, 0.25) is 0 Å². The average molecular weight is 192 g/mol. The fraction of sp³-hybridized carbons (Fsp3) is 0.636. The highest BCUT2D eigenvalue weighted by molar-refractivity contribution is 5.32. The quantitative estimate of drug-likeness (QED) is 0.737. The minimum Gasteiger partial charge on any atom is -0.475 e. The molecule has 0 saturated heterocycles. The van der Waals surface area contributed by atoms with E-state index in [9.17, 15) is 0 Å². The van der Waals surface area contributed by atoms with Crippen molar-refractivity contribution >= 4 is 0 Å². The SMILES string of the molecule is Cc1c(OC(C)C)ncnc1C1CC1. The zero-order valence-electron chi connectivity index (χ0n) is 8.95. The Kier molecular flexibility index (Phi) is 2.40. The second-order valence-corrected chi connectivity index (χ2v) is 4.13. The highest BCUT2D eigenvalue weighted by Gasteiger charge is 2.28. The van der Waals surface area contributed by atoms with Crippen LogP contribution in [0.4, 0.5) is 0 Å². The first-order valence-electron chi connectivity index (χ1n) is 5.16. The van der Waals surface area contributed by atoms with E-state index < -0.39 is 0 Å². The Morgan fingerprint density at radius 3 is 2.64 bits per heavy atom. The third kappa shape index (κ3) is 1.86. The molecule has 1 heterocycles. The molecule has 1 fully saturated rings. The van der Waals surface area contributed by atoms with Crippen LogP contribution in [0, 0.1) is 6.92 Å². The van der Waals surface area contributed by atoms with Gasteiger partial charge < -0.3 is 4.74 Å². The van der Waals surface area contributed by atoms with Crippen molar-refractivity contribution in [2.75, 3.05) is 0 Å². The molecule has 0 N–H and O–H groups in total. The molecule has 0 atom stereocenters. The Bertz CT molecular complexity index is 332. The number of rotatable bonds is 3. The summed E-state index contributed by atoms with van der Waals surface area (Å²) in [4.78, 5) is 8.47. The van der Waals surface area contributed by atoms with Crippen molar-refractivity contribution in [2.45, 2.75) is 45.6 Å². The van der Waals surface area contributed by atoms with Crippen LogP contribution in [0.1, 0.15) is 43.9 Å². The molecule has 0 radical (unpaired) electrons. The van der Waals surface area contributed by atoms with Crippen molar-refractivity contribution in [3.63, 3.8) is 0 Å². The second kappa shape index (κ2) is 3.56. The summed E-state index contributed by atoms with van der Waals surface area (Å²) in [5.74, 6) is 1.41. The highest BCUT2D eigenvalue weighted by Crippen LogP contribution is 2.41. The molecule has 0 unspecified atom stereocenters.